The molecule has 1 nitrogen and oxygen atoms in total. The van der Waals surface area contributed by atoms with E-state index in [4.69, 9.17) is 5.73 Å². The van der Waals surface area contributed by atoms with Gasteiger partial charge in [0.2, 0.25) is 0 Å². The first-order chi connectivity index (χ1) is 8.09. The van der Waals surface area contributed by atoms with Gasteiger partial charge in [-0.05, 0) is 58.3 Å². The molecule has 0 aliphatic heterocycles. The molecule has 0 amide bonds. The molecule has 0 saturated carbocycles. The summed E-state index contributed by atoms with van der Waals surface area (Å²) in [5, 5.41) is 0. The number of nitrogens with two attached hydrogens (primary N) is 1. The molecule has 2 aromatic rings. The normalized spacial score (nSPS) is 12.5. The van der Waals surface area contributed by atoms with E-state index >= 15 is 0 Å². The molecule has 2 N–H and O–H groups in total. The van der Waals surface area contributed by atoms with Crippen LogP contribution in [0.5, 0.6) is 0 Å². The van der Waals surface area contributed by atoms with Crippen molar-refractivity contribution >= 4 is 22.6 Å². The number of halogens is 2. The zero-order valence-corrected chi connectivity index (χ0v) is 11.6. The van der Waals surface area contributed by atoms with E-state index in [9.17, 15) is 4.39 Å². The SMILES string of the molecule is Cc1ccccc1C(N)c1ccc(F)cc1I. The maximum absolute atomic E-state index is 13.0. The lowest BCUT2D eigenvalue weighted by atomic mass is 9.96. The molecule has 0 aliphatic carbocycles. The molecule has 2 aromatic carbocycles. The first kappa shape index (κ1) is 12.5. The Balaban J connectivity index is 2.44. The molecule has 3 heteroatoms. The van der Waals surface area contributed by atoms with E-state index in [1.54, 1.807) is 6.07 Å². The summed E-state index contributed by atoms with van der Waals surface area (Å²) in [7, 11) is 0. The summed E-state index contributed by atoms with van der Waals surface area (Å²) in [5.74, 6) is -0.227. The molecule has 0 fully saturated rings. The molecule has 0 bridgehead atoms. The summed E-state index contributed by atoms with van der Waals surface area (Å²) in [4.78, 5) is 0. The van der Waals surface area contributed by atoms with Crippen molar-refractivity contribution in [3.8, 4) is 0 Å². The molecule has 0 aromatic heterocycles. The van der Waals surface area contributed by atoms with Gasteiger partial charge in [0.15, 0.2) is 0 Å². The average Bonchev–Trinajstić information content (AvgIpc) is 2.29. The highest BCUT2D eigenvalue weighted by Crippen LogP contribution is 2.26. The van der Waals surface area contributed by atoms with Crippen molar-refractivity contribution in [2.45, 2.75) is 13.0 Å². The Hall–Kier alpha value is -0.940. The Bertz CT molecular complexity index is 539. The molecule has 0 aliphatic rings. The molecule has 1 unspecified atom stereocenters. The standard InChI is InChI=1S/C14H13FIN/c1-9-4-2-3-5-11(9)14(17)12-7-6-10(15)8-13(12)16/h2-8,14H,17H2,1H3. The number of hydrogen-bond acceptors (Lipinski definition) is 1. The van der Waals surface area contributed by atoms with E-state index in [0.29, 0.717) is 0 Å². The number of benzene rings is 2. The van der Waals surface area contributed by atoms with Crippen LogP contribution in [0.1, 0.15) is 22.7 Å². The molecule has 88 valence electrons. The highest BCUT2D eigenvalue weighted by molar-refractivity contribution is 14.1. The number of hydrogen-bond donors (Lipinski definition) is 1. The van der Waals surface area contributed by atoms with Gasteiger partial charge < -0.3 is 5.73 Å². The summed E-state index contributed by atoms with van der Waals surface area (Å²) in [6, 6.07) is 12.5. The van der Waals surface area contributed by atoms with Crippen molar-refractivity contribution in [1.82, 2.24) is 0 Å². The van der Waals surface area contributed by atoms with Gasteiger partial charge in [-0.15, -0.1) is 0 Å². The van der Waals surface area contributed by atoms with Gasteiger partial charge in [0.25, 0.3) is 0 Å². The molecule has 17 heavy (non-hydrogen) atoms. The second-order valence-corrected chi connectivity index (χ2v) is 5.16. The van der Waals surface area contributed by atoms with Gasteiger partial charge in [-0.2, -0.15) is 0 Å². The summed E-state index contributed by atoms with van der Waals surface area (Å²) >= 11 is 2.12. The van der Waals surface area contributed by atoms with Crippen LogP contribution < -0.4 is 5.73 Å². The van der Waals surface area contributed by atoms with Gasteiger partial charge >= 0.3 is 0 Å². The fraction of sp³-hybridized carbons (Fsp3) is 0.143. The average molecular weight is 341 g/mol. The minimum atomic E-state index is -0.227. The van der Waals surface area contributed by atoms with Gasteiger partial charge in [0.05, 0.1) is 6.04 Å². The van der Waals surface area contributed by atoms with Crippen LogP contribution in [0.4, 0.5) is 4.39 Å². The maximum atomic E-state index is 13.0. The van der Waals surface area contributed by atoms with E-state index in [0.717, 1.165) is 20.3 Å². The Labute approximate surface area is 114 Å². The zero-order valence-electron chi connectivity index (χ0n) is 9.45. The van der Waals surface area contributed by atoms with Crippen molar-refractivity contribution in [3.63, 3.8) is 0 Å². The van der Waals surface area contributed by atoms with Crippen LogP contribution in [0.2, 0.25) is 0 Å². The van der Waals surface area contributed by atoms with Crippen LogP contribution in [0.15, 0.2) is 42.5 Å². The minimum absolute atomic E-state index is 0.205. The lowest BCUT2D eigenvalue weighted by Gasteiger charge is -2.16. The Morgan fingerprint density at radius 1 is 1.12 bits per heavy atom. The van der Waals surface area contributed by atoms with Gasteiger partial charge in [-0.3, -0.25) is 0 Å². The molecule has 0 spiro atoms. The van der Waals surface area contributed by atoms with Gasteiger partial charge in [-0.1, -0.05) is 30.3 Å². The van der Waals surface area contributed by atoms with E-state index < -0.39 is 0 Å². The van der Waals surface area contributed by atoms with Crippen molar-refractivity contribution in [2.24, 2.45) is 5.73 Å². The van der Waals surface area contributed by atoms with Crippen LogP contribution >= 0.6 is 22.6 Å². The maximum Gasteiger partial charge on any atom is 0.124 e. The van der Waals surface area contributed by atoms with Crippen molar-refractivity contribution in [2.75, 3.05) is 0 Å². The lowest BCUT2D eigenvalue weighted by Crippen LogP contribution is -2.14. The third kappa shape index (κ3) is 2.66. The number of rotatable bonds is 2. The lowest BCUT2D eigenvalue weighted by molar-refractivity contribution is 0.625. The molecule has 0 saturated heterocycles. The molecule has 0 radical (unpaired) electrons. The Morgan fingerprint density at radius 3 is 2.47 bits per heavy atom. The van der Waals surface area contributed by atoms with Gasteiger partial charge in [-0.25, -0.2) is 4.39 Å². The first-order valence-electron chi connectivity index (χ1n) is 5.35. The predicted molar refractivity (Wildman–Crippen MR) is 76.3 cm³/mol. The van der Waals surface area contributed by atoms with E-state index in [2.05, 4.69) is 22.6 Å². The zero-order chi connectivity index (χ0) is 12.4. The van der Waals surface area contributed by atoms with Crippen molar-refractivity contribution in [3.05, 3.63) is 68.5 Å². The van der Waals surface area contributed by atoms with Gasteiger partial charge in [0.1, 0.15) is 5.82 Å². The van der Waals surface area contributed by atoms with Crippen LogP contribution in [0, 0.1) is 16.3 Å². The molecule has 1 atom stereocenters. The second kappa shape index (κ2) is 5.14. The number of aryl methyl sites for hydroxylation is 1. The van der Waals surface area contributed by atoms with Crippen LogP contribution in [0.25, 0.3) is 0 Å². The summed E-state index contributed by atoms with van der Waals surface area (Å²) in [6.07, 6.45) is 0. The van der Waals surface area contributed by atoms with Crippen molar-refractivity contribution < 1.29 is 4.39 Å². The molecular weight excluding hydrogens is 328 g/mol. The highest BCUT2D eigenvalue weighted by Gasteiger charge is 2.14. The van der Waals surface area contributed by atoms with Crippen LogP contribution in [0.3, 0.4) is 0 Å². The van der Waals surface area contributed by atoms with Crippen LogP contribution in [-0.2, 0) is 0 Å². The van der Waals surface area contributed by atoms with E-state index in [1.165, 1.54) is 12.1 Å². The third-order valence-electron chi connectivity index (χ3n) is 2.82. The van der Waals surface area contributed by atoms with Gasteiger partial charge in [0, 0.05) is 3.57 Å². The summed E-state index contributed by atoms with van der Waals surface area (Å²) in [5.41, 5.74) is 9.43. The quantitative estimate of drug-likeness (QED) is 0.827. The topological polar surface area (TPSA) is 26.0 Å². The largest absolute Gasteiger partial charge is 0.320 e. The Morgan fingerprint density at radius 2 is 1.82 bits per heavy atom. The summed E-state index contributed by atoms with van der Waals surface area (Å²) < 4.78 is 13.9. The van der Waals surface area contributed by atoms with Crippen LogP contribution in [-0.4, -0.2) is 0 Å². The smallest absolute Gasteiger partial charge is 0.124 e. The Kier molecular flexibility index (Phi) is 3.79. The minimum Gasteiger partial charge on any atom is -0.320 e. The molecule has 0 heterocycles. The van der Waals surface area contributed by atoms with Crippen molar-refractivity contribution in [1.29, 1.82) is 0 Å². The third-order valence-corrected chi connectivity index (χ3v) is 3.76. The monoisotopic (exact) mass is 341 g/mol. The fourth-order valence-electron chi connectivity index (χ4n) is 1.86. The summed E-state index contributed by atoms with van der Waals surface area (Å²) in [6.45, 7) is 2.03. The first-order valence-corrected chi connectivity index (χ1v) is 6.43. The highest BCUT2D eigenvalue weighted by atomic mass is 127. The predicted octanol–water partition coefficient (Wildman–Crippen LogP) is 3.79. The van der Waals surface area contributed by atoms with E-state index in [1.807, 2.05) is 31.2 Å². The second-order valence-electron chi connectivity index (χ2n) is 4.00. The molecular formula is C14H13FIN. The van der Waals surface area contributed by atoms with E-state index in [-0.39, 0.29) is 11.9 Å². The molecule has 2 rings (SSSR count). The fourth-order valence-corrected chi connectivity index (χ4v) is 2.67.